The fourth-order valence-corrected chi connectivity index (χ4v) is 2.31. The maximum Gasteiger partial charge on any atom is 0.258 e. The number of benzene rings is 1. The molecular weight excluding hydrogens is 332 g/mol. The predicted molar refractivity (Wildman–Crippen MR) is 84.6 cm³/mol. The summed E-state index contributed by atoms with van der Waals surface area (Å²) in [5.41, 5.74) is 10.1. The van der Waals surface area contributed by atoms with Gasteiger partial charge in [0.15, 0.2) is 0 Å². The van der Waals surface area contributed by atoms with Crippen molar-refractivity contribution in [3.05, 3.63) is 46.1 Å². The Labute approximate surface area is 130 Å². The highest BCUT2D eigenvalue weighted by Gasteiger charge is 2.14. The van der Waals surface area contributed by atoms with Crippen LogP contribution in [0.1, 0.15) is 11.1 Å². The van der Waals surface area contributed by atoms with Crippen LogP contribution >= 0.6 is 15.9 Å². The van der Waals surface area contributed by atoms with E-state index in [1.165, 1.54) is 0 Å². The lowest BCUT2D eigenvalue weighted by atomic mass is 10.1. The summed E-state index contributed by atoms with van der Waals surface area (Å²) in [5, 5.41) is 4.00. The molecule has 0 atom stereocenters. The summed E-state index contributed by atoms with van der Waals surface area (Å²) in [5.74, 6) is 0.898. The molecule has 0 bridgehead atoms. The zero-order chi connectivity index (χ0) is 15.0. The lowest BCUT2D eigenvalue weighted by molar-refractivity contribution is 0.432. The van der Waals surface area contributed by atoms with Crippen LogP contribution in [0.15, 0.2) is 39.5 Å². The number of halogens is 1. The average Bonchev–Trinajstić information content (AvgIpc) is 2.91. The SMILES string of the molecule is Cc1cnc(-c2noc(-c3ccc(Br)c(N)c3)n2)c(C)c1. The first-order valence-corrected chi connectivity index (χ1v) is 7.16. The molecule has 0 saturated carbocycles. The first kappa shape index (κ1) is 13.8. The largest absolute Gasteiger partial charge is 0.398 e. The summed E-state index contributed by atoms with van der Waals surface area (Å²) in [6.45, 7) is 3.97. The lowest BCUT2D eigenvalue weighted by Gasteiger charge is -2.00. The molecule has 0 aliphatic carbocycles. The third-order valence-electron chi connectivity index (χ3n) is 3.10. The van der Waals surface area contributed by atoms with E-state index in [4.69, 9.17) is 10.3 Å². The van der Waals surface area contributed by atoms with Gasteiger partial charge in [0.05, 0.1) is 0 Å². The molecule has 3 aromatic rings. The number of nitrogens with zero attached hydrogens (tertiary/aromatic N) is 3. The second kappa shape index (κ2) is 5.29. The molecule has 6 heteroatoms. The Morgan fingerprint density at radius 3 is 2.71 bits per heavy atom. The highest BCUT2D eigenvalue weighted by Crippen LogP contribution is 2.28. The minimum Gasteiger partial charge on any atom is -0.398 e. The van der Waals surface area contributed by atoms with Crippen molar-refractivity contribution in [2.75, 3.05) is 5.73 Å². The molecular formula is C15H13BrN4O. The van der Waals surface area contributed by atoms with Crippen molar-refractivity contribution >= 4 is 21.6 Å². The third-order valence-corrected chi connectivity index (χ3v) is 3.82. The number of nitrogens with two attached hydrogens (primary N) is 1. The van der Waals surface area contributed by atoms with Crippen molar-refractivity contribution < 1.29 is 4.52 Å². The van der Waals surface area contributed by atoms with Crippen LogP contribution in [0.4, 0.5) is 5.69 Å². The molecule has 106 valence electrons. The minimum atomic E-state index is 0.422. The Kier molecular flexibility index (Phi) is 3.47. The molecule has 2 N–H and O–H groups in total. The molecule has 0 fully saturated rings. The summed E-state index contributed by atoms with van der Waals surface area (Å²) in [6, 6.07) is 7.55. The maximum absolute atomic E-state index is 5.87. The van der Waals surface area contributed by atoms with Gasteiger partial charge in [0, 0.05) is 21.9 Å². The Hall–Kier alpha value is -2.21. The van der Waals surface area contributed by atoms with E-state index in [9.17, 15) is 0 Å². The van der Waals surface area contributed by atoms with E-state index in [0.717, 1.165) is 26.9 Å². The van der Waals surface area contributed by atoms with Gasteiger partial charge in [0.25, 0.3) is 5.89 Å². The van der Waals surface area contributed by atoms with Gasteiger partial charge in [-0.05, 0) is 59.1 Å². The first-order valence-electron chi connectivity index (χ1n) is 6.37. The van der Waals surface area contributed by atoms with Crippen molar-refractivity contribution in [1.29, 1.82) is 0 Å². The summed E-state index contributed by atoms with van der Waals surface area (Å²) < 4.78 is 6.15. The van der Waals surface area contributed by atoms with Crippen LogP contribution < -0.4 is 5.73 Å². The Morgan fingerprint density at radius 2 is 2.00 bits per heavy atom. The van der Waals surface area contributed by atoms with E-state index in [0.29, 0.717) is 17.4 Å². The molecule has 0 saturated heterocycles. The molecule has 0 radical (unpaired) electrons. The monoisotopic (exact) mass is 344 g/mol. The molecule has 21 heavy (non-hydrogen) atoms. The number of aromatic nitrogens is 3. The number of hydrogen-bond donors (Lipinski definition) is 1. The molecule has 1 aromatic carbocycles. The fourth-order valence-electron chi connectivity index (χ4n) is 2.06. The number of nitrogen functional groups attached to an aromatic ring is 1. The number of rotatable bonds is 2. The van der Waals surface area contributed by atoms with E-state index in [1.807, 2.05) is 32.0 Å². The van der Waals surface area contributed by atoms with Crippen LogP contribution in [0.5, 0.6) is 0 Å². The Morgan fingerprint density at radius 1 is 1.19 bits per heavy atom. The molecule has 0 aliphatic heterocycles. The van der Waals surface area contributed by atoms with E-state index in [1.54, 1.807) is 12.3 Å². The average molecular weight is 345 g/mol. The van der Waals surface area contributed by atoms with Gasteiger partial charge in [-0.1, -0.05) is 11.2 Å². The van der Waals surface area contributed by atoms with Gasteiger partial charge in [-0.3, -0.25) is 4.98 Å². The Balaban J connectivity index is 2.01. The van der Waals surface area contributed by atoms with E-state index >= 15 is 0 Å². The third kappa shape index (κ3) is 2.67. The molecule has 2 heterocycles. The van der Waals surface area contributed by atoms with Crippen molar-refractivity contribution in [1.82, 2.24) is 15.1 Å². The van der Waals surface area contributed by atoms with Crippen molar-refractivity contribution in [3.8, 4) is 23.0 Å². The zero-order valence-electron chi connectivity index (χ0n) is 11.6. The van der Waals surface area contributed by atoms with Crippen molar-refractivity contribution in [2.24, 2.45) is 0 Å². The van der Waals surface area contributed by atoms with Gasteiger partial charge >= 0.3 is 0 Å². The van der Waals surface area contributed by atoms with Gasteiger partial charge < -0.3 is 10.3 Å². The number of aryl methyl sites for hydroxylation is 2. The summed E-state index contributed by atoms with van der Waals surface area (Å²) in [7, 11) is 0. The standard InChI is InChI=1S/C15H13BrN4O/c1-8-5-9(2)13(18-7-8)14-19-15(21-20-14)10-3-4-11(16)12(17)6-10/h3-7H,17H2,1-2H3. The van der Waals surface area contributed by atoms with Gasteiger partial charge in [-0.25, -0.2) is 0 Å². The molecule has 5 nitrogen and oxygen atoms in total. The van der Waals surface area contributed by atoms with Gasteiger partial charge in [-0.15, -0.1) is 0 Å². The summed E-state index contributed by atoms with van der Waals surface area (Å²) in [4.78, 5) is 8.77. The minimum absolute atomic E-state index is 0.422. The van der Waals surface area contributed by atoms with Gasteiger partial charge in [0.1, 0.15) is 5.69 Å². The Bertz CT molecular complexity index is 813. The second-order valence-electron chi connectivity index (χ2n) is 4.84. The van der Waals surface area contributed by atoms with Crippen LogP contribution in [-0.4, -0.2) is 15.1 Å². The van der Waals surface area contributed by atoms with E-state index in [2.05, 4.69) is 31.1 Å². The van der Waals surface area contributed by atoms with Crippen molar-refractivity contribution in [2.45, 2.75) is 13.8 Å². The topological polar surface area (TPSA) is 77.8 Å². The first-order chi connectivity index (χ1) is 10.0. The number of anilines is 1. The summed E-state index contributed by atoms with van der Waals surface area (Å²) >= 11 is 3.36. The highest BCUT2D eigenvalue weighted by molar-refractivity contribution is 9.10. The number of hydrogen-bond acceptors (Lipinski definition) is 5. The van der Waals surface area contributed by atoms with Gasteiger partial charge in [0.2, 0.25) is 5.82 Å². The molecule has 0 aliphatic rings. The van der Waals surface area contributed by atoms with Crippen LogP contribution in [0.2, 0.25) is 0 Å². The zero-order valence-corrected chi connectivity index (χ0v) is 13.2. The van der Waals surface area contributed by atoms with E-state index < -0.39 is 0 Å². The predicted octanol–water partition coefficient (Wildman–Crippen LogP) is 3.76. The lowest BCUT2D eigenvalue weighted by Crippen LogP contribution is -1.91. The number of pyridine rings is 1. The summed E-state index contributed by atoms with van der Waals surface area (Å²) in [6.07, 6.45) is 1.79. The smallest absolute Gasteiger partial charge is 0.258 e. The maximum atomic E-state index is 5.87. The van der Waals surface area contributed by atoms with Crippen LogP contribution in [-0.2, 0) is 0 Å². The van der Waals surface area contributed by atoms with Crippen LogP contribution in [0.25, 0.3) is 23.0 Å². The van der Waals surface area contributed by atoms with Gasteiger partial charge in [-0.2, -0.15) is 4.98 Å². The van der Waals surface area contributed by atoms with E-state index in [-0.39, 0.29) is 0 Å². The molecule has 0 spiro atoms. The molecule has 0 unspecified atom stereocenters. The molecule has 3 rings (SSSR count). The fraction of sp³-hybridized carbons (Fsp3) is 0.133. The van der Waals surface area contributed by atoms with Crippen LogP contribution in [0.3, 0.4) is 0 Å². The molecule has 2 aromatic heterocycles. The normalized spacial score (nSPS) is 10.8. The van der Waals surface area contributed by atoms with Crippen LogP contribution in [0, 0.1) is 13.8 Å². The second-order valence-corrected chi connectivity index (χ2v) is 5.69. The molecule has 0 amide bonds. The quantitative estimate of drug-likeness (QED) is 0.716. The van der Waals surface area contributed by atoms with Crippen molar-refractivity contribution in [3.63, 3.8) is 0 Å². The highest BCUT2D eigenvalue weighted by atomic mass is 79.9.